The molecule has 1 spiro atoms. The van der Waals surface area contributed by atoms with E-state index in [1.54, 1.807) is 0 Å². The highest BCUT2D eigenvalue weighted by Gasteiger charge is 2.43. The van der Waals surface area contributed by atoms with Crippen LogP contribution in [0.1, 0.15) is 60.8 Å². The van der Waals surface area contributed by atoms with E-state index in [-0.39, 0.29) is 23.4 Å². The van der Waals surface area contributed by atoms with E-state index in [1.807, 2.05) is 4.90 Å². The maximum absolute atomic E-state index is 14.1. The Balaban J connectivity index is 1.06. The van der Waals surface area contributed by atoms with Crippen LogP contribution >= 0.6 is 0 Å². The molecule has 3 amide bonds. The van der Waals surface area contributed by atoms with Gasteiger partial charge in [0.1, 0.15) is 6.04 Å². The van der Waals surface area contributed by atoms with Gasteiger partial charge in [0, 0.05) is 32.1 Å². The van der Waals surface area contributed by atoms with Crippen molar-refractivity contribution in [3.63, 3.8) is 0 Å². The first-order valence-electron chi connectivity index (χ1n) is 15.0. The van der Waals surface area contributed by atoms with Crippen LogP contribution in [0.3, 0.4) is 0 Å². The van der Waals surface area contributed by atoms with Crippen LogP contribution in [0.4, 0.5) is 4.79 Å². The van der Waals surface area contributed by atoms with Gasteiger partial charge in [-0.1, -0.05) is 54.6 Å². The Kier molecular flexibility index (Phi) is 6.46. The molecule has 2 unspecified atom stereocenters. The number of piperidine rings is 4. The number of hydrogen-bond donors (Lipinski definition) is 2. The lowest BCUT2D eigenvalue weighted by Gasteiger charge is -2.45. The van der Waals surface area contributed by atoms with E-state index in [1.165, 1.54) is 34.2 Å². The highest BCUT2D eigenvalue weighted by molar-refractivity contribution is 5.90. The van der Waals surface area contributed by atoms with Crippen LogP contribution in [-0.4, -0.2) is 66.5 Å². The second kappa shape index (κ2) is 10.1. The smallest absolute Gasteiger partial charge is 0.315 e. The predicted molar refractivity (Wildman–Crippen MR) is 153 cm³/mol. The second-order valence-corrected chi connectivity index (χ2v) is 12.5. The molecule has 2 aromatic carbocycles. The first kappa shape index (κ1) is 24.9. The van der Waals surface area contributed by atoms with Gasteiger partial charge < -0.3 is 20.4 Å². The SMILES string of the molecule is O=C(NC(CC1=CCc2ccccc21)C(=O)N1CCC2(CCc3ccccc32)CC1)NC1CN2CCC1CC2. The van der Waals surface area contributed by atoms with Crippen LogP contribution < -0.4 is 10.6 Å². The lowest BCUT2D eigenvalue weighted by atomic mass is 9.73. The third kappa shape index (κ3) is 4.67. The van der Waals surface area contributed by atoms with Gasteiger partial charge in [-0.2, -0.15) is 0 Å². The molecule has 8 rings (SSSR count). The van der Waals surface area contributed by atoms with Crippen LogP contribution in [0.15, 0.2) is 54.6 Å². The molecule has 6 nitrogen and oxygen atoms in total. The second-order valence-electron chi connectivity index (χ2n) is 12.5. The summed E-state index contributed by atoms with van der Waals surface area (Å²) in [5.74, 6) is 0.609. The zero-order chi connectivity index (χ0) is 26.4. The molecule has 2 aliphatic carbocycles. The van der Waals surface area contributed by atoms with Crippen LogP contribution in [-0.2, 0) is 23.1 Å². The molecule has 2 atom stereocenters. The normalized spacial score (nSPS) is 27.0. The monoisotopic (exact) mass is 524 g/mol. The highest BCUT2D eigenvalue weighted by Crippen LogP contribution is 2.46. The number of nitrogens with one attached hydrogen (secondary N) is 2. The number of allylic oxidation sites excluding steroid dienone is 1. The molecule has 0 saturated carbocycles. The van der Waals surface area contributed by atoms with E-state index in [0.717, 1.165) is 71.2 Å². The molecule has 4 saturated heterocycles. The van der Waals surface area contributed by atoms with E-state index < -0.39 is 6.04 Å². The zero-order valence-corrected chi connectivity index (χ0v) is 22.8. The van der Waals surface area contributed by atoms with Crippen molar-refractivity contribution in [2.45, 2.75) is 68.9 Å². The summed E-state index contributed by atoms with van der Waals surface area (Å²) in [6, 6.07) is 16.7. The molecular weight excluding hydrogens is 484 g/mol. The van der Waals surface area contributed by atoms with E-state index >= 15 is 0 Å². The predicted octanol–water partition coefficient (Wildman–Crippen LogP) is 4.28. The highest BCUT2D eigenvalue weighted by atomic mass is 16.2. The Labute approximate surface area is 231 Å². The number of amides is 3. The molecule has 6 aliphatic rings. The van der Waals surface area contributed by atoms with E-state index in [9.17, 15) is 9.59 Å². The molecule has 4 aliphatic heterocycles. The van der Waals surface area contributed by atoms with Crippen molar-refractivity contribution >= 4 is 17.5 Å². The largest absolute Gasteiger partial charge is 0.341 e. The molecule has 2 N–H and O–H groups in total. The van der Waals surface area contributed by atoms with Gasteiger partial charge in [-0.25, -0.2) is 4.79 Å². The summed E-state index contributed by atoms with van der Waals surface area (Å²) in [5.41, 5.74) is 6.87. The molecule has 4 fully saturated rings. The minimum absolute atomic E-state index is 0.0606. The van der Waals surface area contributed by atoms with Crippen LogP contribution in [0.5, 0.6) is 0 Å². The van der Waals surface area contributed by atoms with Gasteiger partial charge >= 0.3 is 6.03 Å². The van der Waals surface area contributed by atoms with Gasteiger partial charge in [0.05, 0.1) is 0 Å². The van der Waals surface area contributed by atoms with E-state index in [0.29, 0.717) is 12.3 Å². The fourth-order valence-electron chi connectivity index (χ4n) is 8.12. The third-order valence-electron chi connectivity index (χ3n) is 10.4. The molecule has 204 valence electrons. The summed E-state index contributed by atoms with van der Waals surface area (Å²) >= 11 is 0. The minimum Gasteiger partial charge on any atom is -0.341 e. The maximum atomic E-state index is 14.1. The van der Waals surface area contributed by atoms with Gasteiger partial charge in [0.2, 0.25) is 5.91 Å². The first-order valence-corrected chi connectivity index (χ1v) is 15.0. The Morgan fingerprint density at radius 3 is 2.44 bits per heavy atom. The molecule has 39 heavy (non-hydrogen) atoms. The number of nitrogens with zero attached hydrogens (tertiary/aromatic N) is 2. The van der Waals surface area contributed by atoms with Crippen molar-refractivity contribution < 1.29 is 9.59 Å². The van der Waals surface area contributed by atoms with Crippen molar-refractivity contribution in [3.05, 3.63) is 76.9 Å². The van der Waals surface area contributed by atoms with Crippen LogP contribution in [0.2, 0.25) is 0 Å². The number of carbonyl (C=O) groups excluding carboxylic acids is 2. The Morgan fingerprint density at radius 2 is 1.67 bits per heavy atom. The molecular formula is C33H40N4O2. The lowest BCUT2D eigenvalue weighted by molar-refractivity contribution is -0.134. The van der Waals surface area contributed by atoms with E-state index in [2.05, 4.69) is 70.1 Å². The Bertz CT molecular complexity index is 1290. The van der Waals surface area contributed by atoms with Crippen LogP contribution in [0, 0.1) is 5.92 Å². The van der Waals surface area contributed by atoms with Gasteiger partial charge in [-0.15, -0.1) is 0 Å². The molecule has 2 aromatic rings. The fourth-order valence-corrected chi connectivity index (χ4v) is 8.12. The summed E-state index contributed by atoms with van der Waals surface area (Å²) in [5, 5.41) is 6.41. The van der Waals surface area contributed by atoms with E-state index in [4.69, 9.17) is 0 Å². The summed E-state index contributed by atoms with van der Waals surface area (Å²) in [6.45, 7) is 4.70. The standard InChI is InChI=1S/C33H40N4O2/c38-31(37-19-15-33(16-20-37)14-11-24-6-2-4-8-28(24)33)29(21-26-10-9-23-5-1-3-7-27(23)26)34-32(39)35-30-22-36-17-12-25(30)13-18-36/h1-8,10,25,29-30H,9,11-22H2,(H2,34,35,39). The molecule has 4 heterocycles. The summed E-state index contributed by atoms with van der Waals surface area (Å²) in [7, 11) is 0. The van der Waals surface area contributed by atoms with Crippen molar-refractivity contribution in [1.82, 2.24) is 20.4 Å². The average molecular weight is 525 g/mol. The fraction of sp³-hybridized carbons (Fsp3) is 0.515. The topological polar surface area (TPSA) is 64.7 Å². The molecule has 0 aromatic heterocycles. The number of rotatable bonds is 5. The van der Waals surface area contributed by atoms with Gasteiger partial charge in [-0.05, 0) is 97.2 Å². The Hall–Kier alpha value is -3.12. The molecule has 0 radical (unpaired) electrons. The Morgan fingerprint density at radius 1 is 0.923 bits per heavy atom. The third-order valence-corrected chi connectivity index (χ3v) is 10.4. The number of carbonyl (C=O) groups is 2. The van der Waals surface area contributed by atoms with Gasteiger partial charge in [0.15, 0.2) is 0 Å². The quantitative estimate of drug-likeness (QED) is 0.614. The van der Waals surface area contributed by atoms with Crippen LogP contribution in [0.25, 0.3) is 5.57 Å². The van der Waals surface area contributed by atoms with Gasteiger partial charge in [0.25, 0.3) is 0 Å². The molecule has 6 heteroatoms. The average Bonchev–Trinajstić information content (AvgIpc) is 3.55. The van der Waals surface area contributed by atoms with Crippen molar-refractivity contribution in [2.24, 2.45) is 5.92 Å². The van der Waals surface area contributed by atoms with Crippen molar-refractivity contribution in [1.29, 1.82) is 0 Å². The van der Waals surface area contributed by atoms with Crippen molar-refractivity contribution in [2.75, 3.05) is 32.7 Å². The first-order chi connectivity index (χ1) is 19.1. The number of benzene rings is 2. The summed E-state index contributed by atoms with van der Waals surface area (Å²) in [6.07, 6.45) is 10.3. The van der Waals surface area contributed by atoms with Gasteiger partial charge in [-0.3, -0.25) is 4.79 Å². The maximum Gasteiger partial charge on any atom is 0.315 e. The lowest BCUT2D eigenvalue weighted by Crippen LogP contribution is -2.60. The zero-order valence-electron chi connectivity index (χ0n) is 22.8. The molecule has 2 bridgehead atoms. The number of hydrogen-bond acceptors (Lipinski definition) is 3. The summed E-state index contributed by atoms with van der Waals surface area (Å²) < 4.78 is 0. The number of fused-ring (bicyclic) bond motifs is 6. The minimum atomic E-state index is -0.562. The summed E-state index contributed by atoms with van der Waals surface area (Å²) in [4.78, 5) is 31.8. The number of likely N-dealkylation sites (tertiary alicyclic amines) is 1. The van der Waals surface area contributed by atoms with Crippen molar-refractivity contribution in [3.8, 4) is 0 Å². The number of aryl methyl sites for hydroxylation is 1. The number of urea groups is 1.